The van der Waals surface area contributed by atoms with E-state index in [1.165, 1.54) is 17.3 Å². The smallest absolute Gasteiger partial charge is 0.305 e. The van der Waals surface area contributed by atoms with Gasteiger partial charge in [-0.15, -0.1) is 0 Å². The van der Waals surface area contributed by atoms with Crippen molar-refractivity contribution in [1.29, 1.82) is 0 Å². The summed E-state index contributed by atoms with van der Waals surface area (Å²) in [7, 11) is 0. The van der Waals surface area contributed by atoms with Crippen LogP contribution in [0.1, 0.15) is 18.0 Å². The van der Waals surface area contributed by atoms with E-state index in [0.717, 1.165) is 5.56 Å². The standard InChI is InChI=1S/C13H14N4O3/c18-12(7-17-9-14-8-15-17)16-11(6-13(19)20)10-4-2-1-3-5-10/h1-5,8-9,11H,6-7H2,(H,16,18)(H,19,20). The molecule has 1 atom stereocenters. The Balaban J connectivity index is 2.04. The van der Waals surface area contributed by atoms with Crippen molar-refractivity contribution in [2.24, 2.45) is 0 Å². The number of carboxylic acid groups (broad SMARTS) is 1. The third-order valence-corrected chi connectivity index (χ3v) is 2.69. The molecule has 2 rings (SSSR count). The number of aromatic nitrogens is 3. The Morgan fingerprint density at radius 3 is 2.65 bits per heavy atom. The van der Waals surface area contributed by atoms with Crippen molar-refractivity contribution in [2.45, 2.75) is 19.0 Å². The third kappa shape index (κ3) is 3.91. The van der Waals surface area contributed by atoms with Gasteiger partial charge in [0.2, 0.25) is 5.91 Å². The summed E-state index contributed by atoms with van der Waals surface area (Å²) in [6.45, 7) is 0.00293. The van der Waals surface area contributed by atoms with Gasteiger partial charge in [0.15, 0.2) is 0 Å². The van der Waals surface area contributed by atoms with E-state index in [1.54, 1.807) is 24.3 Å². The fourth-order valence-corrected chi connectivity index (χ4v) is 1.81. The number of aliphatic carboxylic acids is 1. The van der Waals surface area contributed by atoms with Crippen molar-refractivity contribution in [1.82, 2.24) is 20.1 Å². The molecule has 1 aromatic heterocycles. The lowest BCUT2D eigenvalue weighted by Crippen LogP contribution is -2.33. The van der Waals surface area contributed by atoms with E-state index in [0.29, 0.717) is 0 Å². The first-order chi connectivity index (χ1) is 9.65. The van der Waals surface area contributed by atoms with E-state index in [4.69, 9.17) is 5.11 Å². The molecular weight excluding hydrogens is 260 g/mol. The largest absolute Gasteiger partial charge is 0.481 e. The average Bonchev–Trinajstić information content (AvgIpc) is 2.91. The molecule has 1 aromatic carbocycles. The number of nitrogens with one attached hydrogen (secondary N) is 1. The van der Waals surface area contributed by atoms with Gasteiger partial charge in [-0.05, 0) is 5.56 Å². The molecule has 7 heteroatoms. The number of rotatable bonds is 6. The number of carbonyl (C=O) groups is 2. The molecule has 0 fully saturated rings. The van der Waals surface area contributed by atoms with Crippen molar-refractivity contribution in [3.05, 3.63) is 48.5 Å². The van der Waals surface area contributed by atoms with Crippen LogP contribution in [0.4, 0.5) is 0 Å². The van der Waals surface area contributed by atoms with Crippen LogP contribution >= 0.6 is 0 Å². The van der Waals surface area contributed by atoms with Crippen LogP contribution in [0.3, 0.4) is 0 Å². The Bertz CT molecular complexity index is 569. The molecule has 0 aliphatic heterocycles. The van der Waals surface area contributed by atoms with Gasteiger partial charge < -0.3 is 10.4 Å². The molecule has 0 saturated heterocycles. The van der Waals surface area contributed by atoms with Crippen LogP contribution in [-0.4, -0.2) is 31.7 Å². The van der Waals surface area contributed by atoms with Crippen LogP contribution in [0.2, 0.25) is 0 Å². The van der Waals surface area contributed by atoms with Gasteiger partial charge in [-0.25, -0.2) is 9.67 Å². The van der Waals surface area contributed by atoms with Gasteiger partial charge in [-0.2, -0.15) is 5.10 Å². The van der Waals surface area contributed by atoms with Crippen molar-refractivity contribution in [3.63, 3.8) is 0 Å². The molecule has 104 valence electrons. The number of carboxylic acids is 1. The van der Waals surface area contributed by atoms with Gasteiger partial charge in [0, 0.05) is 0 Å². The fraction of sp³-hybridized carbons (Fsp3) is 0.231. The maximum absolute atomic E-state index is 11.9. The molecule has 1 unspecified atom stereocenters. The van der Waals surface area contributed by atoms with Gasteiger partial charge in [0.05, 0.1) is 12.5 Å². The molecule has 7 nitrogen and oxygen atoms in total. The van der Waals surface area contributed by atoms with E-state index in [9.17, 15) is 9.59 Å². The first kappa shape index (κ1) is 13.7. The molecule has 0 radical (unpaired) electrons. The van der Waals surface area contributed by atoms with Crippen molar-refractivity contribution in [2.75, 3.05) is 0 Å². The molecule has 1 amide bonds. The first-order valence-electron chi connectivity index (χ1n) is 6.03. The number of hydrogen-bond donors (Lipinski definition) is 2. The van der Waals surface area contributed by atoms with Gasteiger partial charge in [-0.1, -0.05) is 30.3 Å². The highest BCUT2D eigenvalue weighted by Crippen LogP contribution is 2.16. The molecule has 0 spiro atoms. The zero-order valence-electron chi connectivity index (χ0n) is 10.6. The summed E-state index contributed by atoms with van der Waals surface area (Å²) in [4.78, 5) is 26.5. The highest BCUT2D eigenvalue weighted by Gasteiger charge is 2.18. The molecule has 0 aliphatic rings. The van der Waals surface area contributed by atoms with Crippen molar-refractivity contribution < 1.29 is 14.7 Å². The summed E-state index contributed by atoms with van der Waals surface area (Å²) in [5.74, 6) is -1.29. The number of nitrogens with zero attached hydrogens (tertiary/aromatic N) is 3. The Morgan fingerprint density at radius 1 is 1.30 bits per heavy atom. The summed E-state index contributed by atoms with van der Waals surface area (Å²) < 4.78 is 1.37. The van der Waals surface area contributed by atoms with E-state index in [-0.39, 0.29) is 18.9 Å². The Labute approximate surface area is 115 Å². The minimum Gasteiger partial charge on any atom is -0.481 e. The van der Waals surface area contributed by atoms with Crippen LogP contribution in [-0.2, 0) is 16.1 Å². The monoisotopic (exact) mass is 274 g/mol. The fourth-order valence-electron chi connectivity index (χ4n) is 1.81. The number of hydrogen-bond acceptors (Lipinski definition) is 4. The second-order valence-electron chi connectivity index (χ2n) is 4.22. The summed E-state index contributed by atoms with van der Waals surface area (Å²) in [6, 6.07) is 8.43. The molecule has 0 aliphatic carbocycles. The molecule has 2 N–H and O–H groups in total. The Morgan fingerprint density at radius 2 is 2.05 bits per heavy atom. The van der Waals surface area contributed by atoms with E-state index >= 15 is 0 Å². The summed E-state index contributed by atoms with van der Waals surface area (Å²) in [5.41, 5.74) is 0.752. The maximum Gasteiger partial charge on any atom is 0.305 e. The minimum atomic E-state index is -0.972. The van der Waals surface area contributed by atoms with Crippen molar-refractivity contribution >= 4 is 11.9 Å². The Hall–Kier alpha value is -2.70. The lowest BCUT2D eigenvalue weighted by atomic mass is 10.0. The van der Waals surface area contributed by atoms with Crippen LogP contribution in [0.5, 0.6) is 0 Å². The maximum atomic E-state index is 11.9. The zero-order chi connectivity index (χ0) is 14.4. The highest BCUT2D eigenvalue weighted by atomic mass is 16.4. The molecule has 0 saturated carbocycles. The summed E-state index contributed by atoms with van der Waals surface area (Å²) >= 11 is 0. The summed E-state index contributed by atoms with van der Waals surface area (Å²) in [5, 5.41) is 15.5. The van der Waals surface area contributed by atoms with Crippen LogP contribution in [0.15, 0.2) is 43.0 Å². The average molecular weight is 274 g/mol. The van der Waals surface area contributed by atoms with E-state index in [2.05, 4.69) is 15.4 Å². The number of carbonyl (C=O) groups excluding carboxylic acids is 1. The van der Waals surface area contributed by atoms with Crippen LogP contribution in [0, 0.1) is 0 Å². The van der Waals surface area contributed by atoms with E-state index < -0.39 is 12.0 Å². The number of benzene rings is 1. The zero-order valence-corrected chi connectivity index (χ0v) is 10.6. The lowest BCUT2D eigenvalue weighted by Gasteiger charge is -2.17. The number of amides is 1. The molecule has 20 heavy (non-hydrogen) atoms. The normalized spacial score (nSPS) is 11.8. The second kappa shape index (κ2) is 6.46. The van der Waals surface area contributed by atoms with Crippen LogP contribution in [0.25, 0.3) is 0 Å². The van der Waals surface area contributed by atoms with Gasteiger partial charge in [0.1, 0.15) is 19.2 Å². The quantitative estimate of drug-likeness (QED) is 0.804. The molecule has 1 heterocycles. The predicted molar refractivity (Wildman–Crippen MR) is 69.6 cm³/mol. The van der Waals surface area contributed by atoms with Gasteiger partial charge >= 0.3 is 5.97 Å². The van der Waals surface area contributed by atoms with Crippen molar-refractivity contribution in [3.8, 4) is 0 Å². The topological polar surface area (TPSA) is 97.1 Å². The SMILES string of the molecule is O=C(O)CC(NC(=O)Cn1cncn1)c1ccccc1. The van der Waals surface area contributed by atoms with Gasteiger partial charge in [-0.3, -0.25) is 9.59 Å². The predicted octanol–water partition coefficient (Wildman–Crippen LogP) is 0.610. The molecule has 0 bridgehead atoms. The Kier molecular flexibility index (Phi) is 4.43. The third-order valence-electron chi connectivity index (χ3n) is 2.69. The van der Waals surface area contributed by atoms with Gasteiger partial charge in [0.25, 0.3) is 0 Å². The lowest BCUT2D eigenvalue weighted by molar-refractivity contribution is -0.137. The second-order valence-corrected chi connectivity index (χ2v) is 4.22. The molecular formula is C13H14N4O3. The van der Waals surface area contributed by atoms with E-state index in [1.807, 2.05) is 6.07 Å². The molecule has 2 aromatic rings. The first-order valence-corrected chi connectivity index (χ1v) is 6.03. The highest BCUT2D eigenvalue weighted by molar-refractivity contribution is 5.77. The minimum absolute atomic E-state index is 0.00293. The summed E-state index contributed by atoms with van der Waals surface area (Å²) in [6.07, 6.45) is 2.58. The van der Waals surface area contributed by atoms with Crippen LogP contribution < -0.4 is 5.32 Å².